The molecule has 0 saturated carbocycles. The summed E-state index contributed by atoms with van der Waals surface area (Å²) in [7, 11) is -1.06. The standard InChI is InChI=1S/C23H27F3N4O3S/c1-28(2)34(32,33)27-20-7-10-30(23(31)29-8-4-9-29)21(20)13-16-12-18(25)14-19(22(16)26)15-5-3-6-17(24)11-15/h3,5-6,11-12,14,20-21,27H,4,7-10,13H2,1-2H3/t20-,21-/m0/s1. The average Bonchev–Trinajstić information content (AvgIpc) is 3.10. The van der Waals surface area contributed by atoms with Crippen molar-refractivity contribution in [2.24, 2.45) is 0 Å². The SMILES string of the molecule is CN(C)S(=O)(=O)N[C@H]1CCN(C(=O)N2CCC2)[C@H]1Cc1cc(F)cc(-c2cccc(F)c2)c1F. The van der Waals surface area contributed by atoms with Crippen LogP contribution in [0.1, 0.15) is 18.4 Å². The monoisotopic (exact) mass is 496 g/mol. The van der Waals surface area contributed by atoms with Gasteiger partial charge in [-0.1, -0.05) is 12.1 Å². The van der Waals surface area contributed by atoms with E-state index in [1.54, 1.807) is 4.90 Å². The molecule has 2 aromatic rings. The second-order valence-corrected chi connectivity index (χ2v) is 10.7. The highest BCUT2D eigenvalue weighted by Gasteiger charge is 2.42. The van der Waals surface area contributed by atoms with E-state index in [1.165, 1.54) is 37.2 Å². The molecule has 1 N–H and O–H groups in total. The smallest absolute Gasteiger partial charge is 0.320 e. The lowest BCUT2D eigenvalue weighted by molar-refractivity contribution is 0.120. The van der Waals surface area contributed by atoms with Gasteiger partial charge in [0.25, 0.3) is 10.2 Å². The summed E-state index contributed by atoms with van der Waals surface area (Å²) in [4.78, 5) is 16.2. The van der Waals surface area contributed by atoms with Gasteiger partial charge in [-0.05, 0) is 54.7 Å². The van der Waals surface area contributed by atoms with E-state index in [1.807, 2.05) is 0 Å². The van der Waals surface area contributed by atoms with Crippen molar-refractivity contribution in [1.29, 1.82) is 0 Å². The minimum atomic E-state index is -3.82. The molecule has 34 heavy (non-hydrogen) atoms. The van der Waals surface area contributed by atoms with Gasteiger partial charge in [0.15, 0.2) is 0 Å². The number of amides is 2. The minimum Gasteiger partial charge on any atom is -0.325 e. The number of hydrogen-bond donors (Lipinski definition) is 1. The van der Waals surface area contributed by atoms with Crippen LogP contribution in [0.2, 0.25) is 0 Å². The van der Waals surface area contributed by atoms with Crippen molar-refractivity contribution >= 4 is 16.2 Å². The Morgan fingerprint density at radius 2 is 1.82 bits per heavy atom. The van der Waals surface area contributed by atoms with Gasteiger partial charge in [0.1, 0.15) is 17.5 Å². The van der Waals surface area contributed by atoms with Gasteiger partial charge >= 0.3 is 6.03 Å². The fraction of sp³-hybridized carbons (Fsp3) is 0.435. The molecular formula is C23H27F3N4O3S. The van der Waals surface area contributed by atoms with E-state index in [9.17, 15) is 22.0 Å². The summed E-state index contributed by atoms with van der Waals surface area (Å²) in [6.07, 6.45) is 1.12. The summed E-state index contributed by atoms with van der Waals surface area (Å²) >= 11 is 0. The van der Waals surface area contributed by atoms with Gasteiger partial charge in [-0.2, -0.15) is 17.4 Å². The maximum atomic E-state index is 15.5. The number of carbonyl (C=O) groups is 1. The lowest BCUT2D eigenvalue weighted by atomic mass is 9.95. The Kier molecular flexibility index (Phi) is 6.88. The first kappa shape index (κ1) is 24.5. The van der Waals surface area contributed by atoms with Gasteiger partial charge in [0.2, 0.25) is 0 Å². The lowest BCUT2D eigenvalue weighted by Crippen LogP contribution is -2.55. The largest absolute Gasteiger partial charge is 0.325 e. The van der Waals surface area contributed by atoms with Crippen LogP contribution in [-0.2, 0) is 16.6 Å². The Morgan fingerprint density at radius 1 is 1.09 bits per heavy atom. The molecule has 4 rings (SSSR count). The summed E-state index contributed by atoms with van der Waals surface area (Å²) in [5.41, 5.74) is 0.0724. The van der Waals surface area contributed by atoms with E-state index in [-0.39, 0.29) is 35.7 Å². The maximum Gasteiger partial charge on any atom is 0.320 e. The highest BCUT2D eigenvalue weighted by atomic mass is 32.2. The molecule has 7 nitrogen and oxygen atoms in total. The molecule has 2 aliphatic rings. The second kappa shape index (κ2) is 9.55. The van der Waals surface area contributed by atoms with Crippen LogP contribution in [0.4, 0.5) is 18.0 Å². The summed E-state index contributed by atoms with van der Waals surface area (Å²) in [6, 6.07) is 5.60. The van der Waals surface area contributed by atoms with E-state index in [0.29, 0.717) is 19.5 Å². The molecule has 2 aromatic carbocycles. The van der Waals surface area contributed by atoms with Gasteiger partial charge in [-0.25, -0.2) is 18.0 Å². The second-order valence-electron chi connectivity index (χ2n) is 8.83. The molecule has 184 valence electrons. The molecule has 11 heteroatoms. The molecule has 0 radical (unpaired) electrons. The summed E-state index contributed by atoms with van der Waals surface area (Å²) in [6.45, 7) is 1.50. The summed E-state index contributed by atoms with van der Waals surface area (Å²) in [5, 5.41) is 0. The van der Waals surface area contributed by atoms with E-state index in [0.717, 1.165) is 28.9 Å². The van der Waals surface area contributed by atoms with Gasteiger partial charge < -0.3 is 9.80 Å². The summed E-state index contributed by atoms with van der Waals surface area (Å²) in [5.74, 6) is -2.02. The van der Waals surface area contributed by atoms with Crippen molar-refractivity contribution in [3.8, 4) is 11.1 Å². The van der Waals surface area contributed by atoms with Gasteiger partial charge in [0.05, 0.1) is 6.04 Å². The predicted octanol–water partition coefficient (Wildman–Crippen LogP) is 2.98. The fourth-order valence-corrected chi connectivity index (χ4v) is 5.22. The van der Waals surface area contributed by atoms with Gasteiger partial charge in [-0.15, -0.1) is 0 Å². The molecule has 0 spiro atoms. The minimum absolute atomic E-state index is 0.0124. The van der Waals surface area contributed by atoms with Crippen molar-refractivity contribution in [3.63, 3.8) is 0 Å². The average molecular weight is 497 g/mol. The lowest BCUT2D eigenvalue weighted by Gasteiger charge is -2.38. The summed E-state index contributed by atoms with van der Waals surface area (Å²) < 4.78 is 72.3. The van der Waals surface area contributed by atoms with Crippen LogP contribution < -0.4 is 4.72 Å². The number of nitrogens with one attached hydrogen (secondary N) is 1. The van der Waals surface area contributed by atoms with E-state index >= 15 is 4.39 Å². The molecule has 2 heterocycles. The maximum absolute atomic E-state index is 15.5. The molecule has 0 aromatic heterocycles. The third-order valence-electron chi connectivity index (χ3n) is 6.38. The van der Waals surface area contributed by atoms with Crippen LogP contribution in [0, 0.1) is 17.5 Å². The molecule has 0 unspecified atom stereocenters. The Bertz CT molecular complexity index is 1190. The first-order chi connectivity index (χ1) is 16.1. The number of halogens is 3. The first-order valence-corrected chi connectivity index (χ1v) is 12.5. The Morgan fingerprint density at radius 3 is 2.44 bits per heavy atom. The zero-order chi connectivity index (χ0) is 24.6. The van der Waals surface area contributed by atoms with Crippen molar-refractivity contribution in [3.05, 3.63) is 59.4 Å². The molecule has 2 fully saturated rings. The highest BCUT2D eigenvalue weighted by Crippen LogP contribution is 2.31. The number of likely N-dealkylation sites (tertiary alicyclic amines) is 2. The Balaban J connectivity index is 1.69. The van der Waals surface area contributed by atoms with E-state index in [2.05, 4.69) is 4.72 Å². The predicted molar refractivity (Wildman–Crippen MR) is 122 cm³/mol. The van der Waals surface area contributed by atoms with Crippen LogP contribution in [0.5, 0.6) is 0 Å². The molecule has 0 aliphatic carbocycles. The number of carbonyl (C=O) groups excluding carboxylic acids is 1. The van der Waals surface area contributed by atoms with Crippen LogP contribution in [0.15, 0.2) is 36.4 Å². The third kappa shape index (κ3) is 4.91. The number of rotatable bonds is 6. The highest BCUT2D eigenvalue weighted by molar-refractivity contribution is 7.87. The van der Waals surface area contributed by atoms with Crippen LogP contribution in [0.3, 0.4) is 0 Å². The van der Waals surface area contributed by atoms with E-state index in [4.69, 9.17) is 0 Å². The Labute approximate surface area is 197 Å². The quantitative estimate of drug-likeness (QED) is 0.669. The number of urea groups is 1. The van der Waals surface area contributed by atoms with Crippen molar-refractivity contribution in [2.75, 3.05) is 33.7 Å². The zero-order valence-electron chi connectivity index (χ0n) is 19.0. The number of nitrogens with zero attached hydrogens (tertiary/aromatic N) is 3. The fourth-order valence-electron chi connectivity index (χ4n) is 4.35. The van der Waals surface area contributed by atoms with Crippen LogP contribution in [0.25, 0.3) is 11.1 Å². The molecule has 2 amide bonds. The van der Waals surface area contributed by atoms with E-state index < -0.39 is 39.7 Å². The third-order valence-corrected chi connectivity index (χ3v) is 7.94. The van der Waals surface area contributed by atoms with Gasteiger partial charge in [-0.3, -0.25) is 0 Å². The normalized spacial score (nSPS) is 20.6. The molecule has 2 atom stereocenters. The topological polar surface area (TPSA) is 73.0 Å². The molecule has 2 saturated heterocycles. The van der Waals surface area contributed by atoms with Crippen LogP contribution in [-0.4, -0.2) is 74.4 Å². The van der Waals surface area contributed by atoms with Crippen molar-refractivity contribution < 1.29 is 26.4 Å². The zero-order valence-corrected chi connectivity index (χ0v) is 19.8. The first-order valence-electron chi connectivity index (χ1n) is 11.1. The van der Waals surface area contributed by atoms with Crippen molar-refractivity contribution in [2.45, 2.75) is 31.3 Å². The molecular weight excluding hydrogens is 469 g/mol. The van der Waals surface area contributed by atoms with Crippen LogP contribution >= 0.6 is 0 Å². The number of hydrogen-bond acceptors (Lipinski definition) is 3. The Hall–Kier alpha value is -2.63. The molecule has 2 aliphatic heterocycles. The molecule has 0 bridgehead atoms. The number of benzene rings is 2. The van der Waals surface area contributed by atoms with Crippen molar-refractivity contribution in [1.82, 2.24) is 18.8 Å². The van der Waals surface area contributed by atoms with Gasteiger partial charge in [0, 0.05) is 45.3 Å².